The molecule has 0 aliphatic carbocycles. The molecule has 2 rings (SSSR count). The maximum Gasteiger partial charge on any atom is 0.345 e. The Bertz CT molecular complexity index is 757. The minimum absolute atomic E-state index is 0.0670. The van der Waals surface area contributed by atoms with E-state index in [2.05, 4.69) is 14.9 Å². The molecule has 0 aliphatic heterocycles. The minimum atomic E-state index is -3.93. The largest absolute Gasteiger partial charge is 0.477 e. The second-order valence-corrected chi connectivity index (χ2v) is 5.96. The lowest BCUT2D eigenvalue weighted by Gasteiger charge is -2.03. The number of thiophene rings is 1. The van der Waals surface area contributed by atoms with Crippen LogP contribution >= 0.6 is 11.3 Å². The summed E-state index contributed by atoms with van der Waals surface area (Å²) in [6.07, 6.45) is 0. The molecule has 0 amide bonds. The Morgan fingerprint density at radius 3 is 2.68 bits per heavy atom. The summed E-state index contributed by atoms with van der Waals surface area (Å²) in [7, 11) is -3.93. The lowest BCUT2D eigenvalue weighted by molar-refractivity contribution is 0.0702. The first-order chi connectivity index (χ1) is 8.88. The van der Waals surface area contributed by atoms with Crippen LogP contribution in [0.4, 0.5) is 5.82 Å². The number of aromatic nitrogens is 2. The van der Waals surface area contributed by atoms with Gasteiger partial charge in [-0.15, -0.1) is 11.3 Å². The van der Waals surface area contributed by atoms with E-state index in [0.717, 1.165) is 23.5 Å². The SMILES string of the molecule is O=C(O)c1cc(S(=O)(=O)Nc2ccc(=O)[nH]n2)cs1. The first-order valence-corrected chi connectivity index (χ1v) is 7.15. The average molecular weight is 301 g/mol. The standard InChI is InChI=1S/C9H7N3O5S2/c13-8-2-1-7(10-11-8)12-19(16,17)5-3-6(9(14)15)18-4-5/h1-4H,(H,10,12)(H,11,13)(H,14,15). The third-order valence-corrected chi connectivity index (χ3v) is 4.42. The molecule has 100 valence electrons. The topological polar surface area (TPSA) is 129 Å². The van der Waals surface area contributed by atoms with Gasteiger partial charge in [0.2, 0.25) is 0 Å². The van der Waals surface area contributed by atoms with Gasteiger partial charge in [0, 0.05) is 11.4 Å². The average Bonchev–Trinajstić information content (AvgIpc) is 2.82. The molecule has 19 heavy (non-hydrogen) atoms. The molecule has 0 aromatic carbocycles. The van der Waals surface area contributed by atoms with Crippen molar-refractivity contribution in [1.82, 2.24) is 10.2 Å². The lowest BCUT2D eigenvalue weighted by Crippen LogP contribution is -2.15. The number of rotatable bonds is 4. The number of carboxylic acids is 1. The minimum Gasteiger partial charge on any atom is -0.477 e. The molecule has 3 N–H and O–H groups in total. The van der Waals surface area contributed by atoms with E-state index in [1.165, 1.54) is 11.4 Å². The summed E-state index contributed by atoms with van der Waals surface area (Å²) in [6.45, 7) is 0. The highest BCUT2D eigenvalue weighted by molar-refractivity contribution is 7.92. The van der Waals surface area contributed by atoms with Crippen LogP contribution in [0, 0.1) is 0 Å². The number of sulfonamides is 1. The quantitative estimate of drug-likeness (QED) is 0.746. The van der Waals surface area contributed by atoms with Crippen LogP contribution in [0.25, 0.3) is 0 Å². The summed E-state index contributed by atoms with van der Waals surface area (Å²) in [6, 6.07) is 3.35. The molecule has 0 saturated carbocycles. The molecular formula is C9H7N3O5S2. The smallest absolute Gasteiger partial charge is 0.345 e. The highest BCUT2D eigenvalue weighted by Crippen LogP contribution is 2.20. The Labute approximate surface area is 110 Å². The van der Waals surface area contributed by atoms with Gasteiger partial charge in [-0.3, -0.25) is 9.52 Å². The van der Waals surface area contributed by atoms with Gasteiger partial charge < -0.3 is 5.11 Å². The number of carbonyl (C=O) groups is 1. The Hall–Kier alpha value is -2.20. The van der Waals surface area contributed by atoms with Gasteiger partial charge in [0.1, 0.15) is 4.88 Å². The van der Waals surface area contributed by atoms with Crippen molar-refractivity contribution in [3.8, 4) is 0 Å². The zero-order valence-electron chi connectivity index (χ0n) is 9.15. The van der Waals surface area contributed by atoms with Crippen molar-refractivity contribution < 1.29 is 18.3 Å². The van der Waals surface area contributed by atoms with Gasteiger partial charge >= 0.3 is 5.97 Å². The number of nitrogens with zero attached hydrogens (tertiary/aromatic N) is 1. The second-order valence-electron chi connectivity index (χ2n) is 3.36. The maximum atomic E-state index is 11.9. The van der Waals surface area contributed by atoms with Gasteiger partial charge in [0.05, 0.1) is 4.90 Å². The molecule has 0 saturated heterocycles. The number of hydrogen-bond donors (Lipinski definition) is 3. The zero-order chi connectivity index (χ0) is 14.0. The fourth-order valence-electron chi connectivity index (χ4n) is 1.17. The molecule has 0 fully saturated rings. The van der Waals surface area contributed by atoms with Crippen LogP contribution in [0.1, 0.15) is 9.67 Å². The van der Waals surface area contributed by atoms with E-state index in [4.69, 9.17) is 5.11 Å². The molecular weight excluding hydrogens is 294 g/mol. The molecule has 0 atom stereocenters. The van der Waals surface area contributed by atoms with Crippen molar-refractivity contribution in [3.05, 3.63) is 38.8 Å². The summed E-state index contributed by atoms with van der Waals surface area (Å²) in [5.41, 5.74) is -0.466. The molecule has 0 bridgehead atoms. The first kappa shape index (κ1) is 13.2. The first-order valence-electron chi connectivity index (χ1n) is 4.79. The zero-order valence-corrected chi connectivity index (χ0v) is 10.8. The third kappa shape index (κ3) is 2.98. The summed E-state index contributed by atoms with van der Waals surface area (Å²) in [5, 5.41) is 15.5. The van der Waals surface area contributed by atoms with Crippen molar-refractivity contribution in [2.45, 2.75) is 4.90 Å². The third-order valence-electron chi connectivity index (χ3n) is 2.01. The summed E-state index contributed by atoms with van der Waals surface area (Å²) >= 11 is 0.801. The Balaban J connectivity index is 2.29. The molecule has 2 aromatic heterocycles. The Morgan fingerprint density at radius 2 is 2.16 bits per heavy atom. The van der Waals surface area contributed by atoms with Gasteiger partial charge in [-0.25, -0.2) is 18.3 Å². The lowest BCUT2D eigenvalue weighted by atomic mass is 10.5. The van der Waals surface area contributed by atoms with Crippen LogP contribution in [0.5, 0.6) is 0 Å². The maximum absolute atomic E-state index is 11.9. The van der Waals surface area contributed by atoms with Crippen LogP contribution < -0.4 is 10.3 Å². The molecule has 0 radical (unpaired) electrons. The van der Waals surface area contributed by atoms with E-state index in [-0.39, 0.29) is 15.6 Å². The molecule has 2 heterocycles. The van der Waals surface area contributed by atoms with Crippen molar-refractivity contribution in [1.29, 1.82) is 0 Å². The summed E-state index contributed by atoms with van der Waals surface area (Å²) < 4.78 is 25.9. The van der Waals surface area contributed by atoms with E-state index >= 15 is 0 Å². The monoisotopic (exact) mass is 301 g/mol. The molecule has 0 spiro atoms. The van der Waals surface area contributed by atoms with Crippen LogP contribution in [0.2, 0.25) is 0 Å². The van der Waals surface area contributed by atoms with Crippen LogP contribution in [-0.4, -0.2) is 29.7 Å². The van der Waals surface area contributed by atoms with E-state index in [9.17, 15) is 18.0 Å². The van der Waals surface area contributed by atoms with Crippen molar-refractivity contribution in [3.63, 3.8) is 0 Å². The van der Waals surface area contributed by atoms with E-state index < -0.39 is 21.6 Å². The van der Waals surface area contributed by atoms with Crippen LogP contribution in [0.3, 0.4) is 0 Å². The van der Waals surface area contributed by atoms with Crippen LogP contribution in [-0.2, 0) is 10.0 Å². The van der Waals surface area contributed by atoms with Crippen molar-refractivity contribution in [2.75, 3.05) is 4.72 Å². The Kier molecular flexibility index (Phi) is 3.36. The second kappa shape index (κ2) is 4.82. The fourth-order valence-corrected chi connectivity index (χ4v) is 3.28. The van der Waals surface area contributed by atoms with Gasteiger partial charge in [-0.1, -0.05) is 0 Å². The van der Waals surface area contributed by atoms with Crippen molar-refractivity contribution in [2.24, 2.45) is 0 Å². The highest BCUT2D eigenvalue weighted by atomic mass is 32.2. The number of anilines is 1. The fraction of sp³-hybridized carbons (Fsp3) is 0. The number of H-pyrrole nitrogens is 1. The molecule has 8 nitrogen and oxygen atoms in total. The van der Waals surface area contributed by atoms with Gasteiger partial charge in [-0.2, -0.15) is 5.10 Å². The molecule has 0 unspecified atom stereocenters. The molecule has 0 aliphatic rings. The van der Waals surface area contributed by atoms with E-state index in [1.54, 1.807) is 0 Å². The number of carboxylic acid groups (broad SMARTS) is 1. The van der Waals surface area contributed by atoms with E-state index in [1.807, 2.05) is 0 Å². The number of aromatic carboxylic acids is 1. The Morgan fingerprint density at radius 1 is 1.42 bits per heavy atom. The molecule has 10 heteroatoms. The van der Waals surface area contributed by atoms with E-state index in [0.29, 0.717) is 0 Å². The van der Waals surface area contributed by atoms with Crippen LogP contribution in [0.15, 0.2) is 33.3 Å². The summed E-state index contributed by atoms with van der Waals surface area (Å²) in [5.74, 6) is -1.27. The van der Waals surface area contributed by atoms with Crippen molar-refractivity contribution >= 4 is 33.1 Å². The highest BCUT2D eigenvalue weighted by Gasteiger charge is 2.19. The predicted molar refractivity (Wildman–Crippen MR) is 66.9 cm³/mol. The normalized spacial score (nSPS) is 11.2. The number of hydrogen-bond acceptors (Lipinski definition) is 6. The number of aromatic amines is 1. The van der Waals surface area contributed by atoms with Gasteiger partial charge in [0.15, 0.2) is 5.82 Å². The van der Waals surface area contributed by atoms with Gasteiger partial charge in [-0.05, 0) is 12.1 Å². The number of nitrogens with one attached hydrogen (secondary N) is 2. The molecule has 2 aromatic rings. The summed E-state index contributed by atoms with van der Waals surface area (Å²) in [4.78, 5) is 21.2. The predicted octanol–water partition coefficient (Wildman–Crippen LogP) is 0.330. The van der Waals surface area contributed by atoms with Gasteiger partial charge in [0.25, 0.3) is 15.6 Å².